The van der Waals surface area contributed by atoms with Gasteiger partial charge in [-0.1, -0.05) is 6.07 Å². The van der Waals surface area contributed by atoms with Crippen LogP contribution in [0, 0.1) is 13.8 Å². The number of piperidine rings is 1. The molecule has 2 aliphatic heterocycles. The standard InChI is InChI=1S/C28H33N5O2/c1-17-12-22-15-24(28(35)29-4)31-27(26(22)30-16-17)33-9-5-6-21-14-23(18(2)13-25(21)33)20-7-10-32(11-8-20)19(3)34/h12-16,20H,5-11H2,1-4H3,(H,29,35). The zero-order valence-electron chi connectivity index (χ0n) is 21.0. The number of nitrogens with zero attached hydrogens (tertiary/aromatic N) is 4. The van der Waals surface area contributed by atoms with Gasteiger partial charge in [-0.05, 0) is 85.9 Å². The van der Waals surface area contributed by atoms with E-state index in [0.717, 1.165) is 73.3 Å². The molecule has 35 heavy (non-hydrogen) atoms. The van der Waals surface area contributed by atoms with E-state index in [-0.39, 0.29) is 11.8 Å². The zero-order valence-corrected chi connectivity index (χ0v) is 21.0. The van der Waals surface area contributed by atoms with Crippen molar-refractivity contribution < 1.29 is 9.59 Å². The van der Waals surface area contributed by atoms with Crippen LogP contribution in [0.25, 0.3) is 10.9 Å². The van der Waals surface area contributed by atoms with Crippen molar-refractivity contribution in [1.29, 1.82) is 0 Å². The van der Waals surface area contributed by atoms with Crippen LogP contribution in [0.4, 0.5) is 11.5 Å². The number of carbonyl (C=O) groups is 2. The fourth-order valence-electron chi connectivity index (χ4n) is 5.59. The minimum atomic E-state index is -0.199. The van der Waals surface area contributed by atoms with Crippen molar-refractivity contribution in [3.63, 3.8) is 0 Å². The molecule has 1 aromatic carbocycles. The van der Waals surface area contributed by atoms with E-state index in [9.17, 15) is 9.59 Å². The Kier molecular flexibility index (Phi) is 6.17. The second kappa shape index (κ2) is 9.29. The summed E-state index contributed by atoms with van der Waals surface area (Å²) in [4.78, 5) is 38.0. The summed E-state index contributed by atoms with van der Waals surface area (Å²) in [5, 5.41) is 3.63. The highest BCUT2D eigenvalue weighted by molar-refractivity contribution is 6.00. The molecule has 2 amide bonds. The van der Waals surface area contributed by atoms with Gasteiger partial charge in [-0.15, -0.1) is 0 Å². The van der Waals surface area contributed by atoms with E-state index in [4.69, 9.17) is 9.97 Å². The van der Waals surface area contributed by atoms with Crippen LogP contribution in [0.3, 0.4) is 0 Å². The van der Waals surface area contributed by atoms with Crippen molar-refractivity contribution in [3.8, 4) is 0 Å². The second-order valence-corrected chi connectivity index (χ2v) is 9.87. The van der Waals surface area contributed by atoms with Crippen LogP contribution in [0.2, 0.25) is 0 Å². The third-order valence-corrected chi connectivity index (χ3v) is 7.47. The molecule has 0 aliphatic carbocycles. The summed E-state index contributed by atoms with van der Waals surface area (Å²) >= 11 is 0. The monoisotopic (exact) mass is 471 g/mol. The van der Waals surface area contributed by atoms with Gasteiger partial charge in [0.15, 0.2) is 5.82 Å². The number of aryl methyl sites for hydroxylation is 3. The third-order valence-electron chi connectivity index (χ3n) is 7.47. The molecule has 7 nitrogen and oxygen atoms in total. The first kappa shape index (κ1) is 23.3. The average Bonchev–Trinajstić information content (AvgIpc) is 2.86. The van der Waals surface area contributed by atoms with Crippen molar-refractivity contribution in [2.45, 2.75) is 52.4 Å². The lowest BCUT2D eigenvalue weighted by Crippen LogP contribution is -2.36. The molecule has 0 atom stereocenters. The summed E-state index contributed by atoms with van der Waals surface area (Å²) in [6, 6.07) is 8.56. The number of pyridine rings is 2. The van der Waals surface area contributed by atoms with Gasteiger partial charge in [-0.2, -0.15) is 0 Å². The molecular weight excluding hydrogens is 438 g/mol. The second-order valence-electron chi connectivity index (χ2n) is 9.87. The highest BCUT2D eigenvalue weighted by Crippen LogP contribution is 2.40. The van der Waals surface area contributed by atoms with Gasteiger partial charge in [0.25, 0.3) is 5.91 Å². The Hall–Kier alpha value is -3.48. The Bertz CT molecular complexity index is 1310. The smallest absolute Gasteiger partial charge is 0.269 e. The molecule has 0 unspecified atom stereocenters. The van der Waals surface area contributed by atoms with Crippen molar-refractivity contribution in [2.24, 2.45) is 0 Å². The van der Waals surface area contributed by atoms with Gasteiger partial charge in [0, 0.05) is 50.9 Å². The molecule has 1 N–H and O–H groups in total. The number of hydrogen-bond acceptors (Lipinski definition) is 5. The molecule has 182 valence electrons. The highest BCUT2D eigenvalue weighted by atomic mass is 16.2. The van der Waals surface area contributed by atoms with E-state index in [1.165, 1.54) is 16.7 Å². The largest absolute Gasteiger partial charge is 0.354 e. The molecule has 3 aromatic rings. The maximum absolute atomic E-state index is 12.5. The predicted molar refractivity (Wildman–Crippen MR) is 138 cm³/mol. The fourth-order valence-corrected chi connectivity index (χ4v) is 5.59. The van der Waals surface area contributed by atoms with E-state index in [1.807, 2.05) is 24.1 Å². The normalized spacial score (nSPS) is 16.3. The van der Waals surface area contributed by atoms with Gasteiger partial charge in [0.2, 0.25) is 5.91 Å². The van der Waals surface area contributed by atoms with Crippen LogP contribution < -0.4 is 10.2 Å². The van der Waals surface area contributed by atoms with Gasteiger partial charge >= 0.3 is 0 Å². The summed E-state index contributed by atoms with van der Waals surface area (Å²) in [6.45, 7) is 8.34. The van der Waals surface area contributed by atoms with Gasteiger partial charge in [-0.3, -0.25) is 14.6 Å². The van der Waals surface area contributed by atoms with Crippen molar-refractivity contribution in [3.05, 3.63) is 58.4 Å². The number of likely N-dealkylation sites (tertiary alicyclic amines) is 1. The van der Waals surface area contributed by atoms with E-state index in [1.54, 1.807) is 14.0 Å². The van der Waals surface area contributed by atoms with Crippen LogP contribution in [0.5, 0.6) is 0 Å². The van der Waals surface area contributed by atoms with E-state index in [2.05, 4.69) is 35.3 Å². The number of aromatic nitrogens is 2. The number of nitrogens with one attached hydrogen (secondary N) is 1. The average molecular weight is 472 g/mol. The number of anilines is 2. The number of amides is 2. The summed E-state index contributed by atoms with van der Waals surface area (Å²) in [6.07, 6.45) is 5.90. The van der Waals surface area contributed by atoms with Crippen LogP contribution in [-0.2, 0) is 11.2 Å². The number of hydrogen-bond donors (Lipinski definition) is 1. The Morgan fingerprint density at radius 3 is 2.54 bits per heavy atom. The minimum Gasteiger partial charge on any atom is -0.354 e. The molecule has 2 aliphatic rings. The first-order chi connectivity index (χ1) is 16.9. The fraction of sp³-hybridized carbons (Fsp3) is 0.429. The Labute approximate surface area is 206 Å². The quantitative estimate of drug-likeness (QED) is 0.612. The lowest BCUT2D eigenvalue weighted by atomic mass is 9.84. The summed E-state index contributed by atoms with van der Waals surface area (Å²) in [5.74, 6) is 1.19. The first-order valence-corrected chi connectivity index (χ1v) is 12.5. The third kappa shape index (κ3) is 4.35. The van der Waals surface area contributed by atoms with Crippen molar-refractivity contribution in [1.82, 2.24) is 20.2 Å². The van der Waals surface area contributed by atoms with Crippen molar-refractivity contribution in [2.75, 3.05) is 31.6 Å². The lowest BCUT2D eigenvalue weighted by molar-refractivity contribution is -0.129. The Balaban J connectivity index is 1.56. The van der Waals surface area contributed by atoms with E-state index in [0.29, 0.717) is 11.6 Å². The molecule has 1 saturated heterocycles. The number of rotatable bonds is 3. The predicted octanol–water partition coefficient (Wildman–Crippen LogP) is 4.42. The minimum absolute atomic E-state index is 0.170. The maximum atomic E-state index is 12.5. The Morgan fingerprint density at radius 2 is 1.83 bits per heavy atom. The molecule has 4 heterocycles. The topological polar surface area (TPSA) is 78.4 Å². The molecule has 0 radical (unpaired) electrons. The molecule has 7 heteroatoms. The molecule has 1 fully saturated rings. The van der Waals surface area contributed by atoms with Crippen LogP contribution in [-0.4, -0.2) is 53.4 Å². The van der Waals surface area contributed by atoms with Crippen LogP contribution in [0.15, 0.2) is 30.5 Å². The summed E-state index contributed by atoms with van der Waals surface area (Å²) in [5.41, 5.74) is 7.41. The van der Waals surface area contributed by atoms with E-state index >= 15 is 0 Å². The highest BCUT2D eigenvalue weighted by Gasteiger charge is 2.28. The SMILES string of the molecule is CNC(=O)c1cc2cc(C)cnc2c(N2CCCc3cc(C4CCN(C(C)=O)CC4)c(C)cc32)n1. The lowest BCUT2D eigenvalue weighted by Gasteiger charge is -2.35. The maximum Gasteiger partial charge on any atom is 0.269 e. The number of fused-ring (bicyclic) bond motifs is 2. The zero-order chi connectivity index (χ0) is 24.7. The first-order valence-electron chi connectivity index (χ1n) is 12.5. The molecular formula is C28H33N5O2. The van der Waals surface area contributed by atoms with Crippen LogP contribution in [0.1, 0.15) is 64.8 Å². The van der Waals surface area contributed by atoms with Gasteiger partial charge in [-0.25, -0.2) is 4.98 Å². The summed E-state index contributed by atoms with van der Waals surface area (Å²) in [7, 11) is 1.63. The van der Waals surface area contributed by atoms with Crippen molar-refractivity contribution >= 4 is 34.2 Å². The molecule has 2 aromatic heterocycles. The van der Waals surface area contributed by atoms with Gasteiger partial charge in [0.05, 0.1) is 0 Å². The number of benzene rings is 1. The van der Waals surface area contributed by atoms with Gasteiger partial charge in [0.1, 0.15) is 11.2 Å². The van der Waals surface area contributed by atoms with E-state index < -0.39 is 0 Å². The molecule has 5 rings (SSSR count). The molecule has 0 bridgehead atoms. The molecule has 0 spiro atoms. The Morgan fingerprint density at radius 1 is 1.06 bits per heavy atom. The number of carbonyl (C=O) groups excluding carboxylic acids is 2. The van der Waals surface area contributed by atoms with Gasteiger partial charge < -0.3 is 15.1 Å². The van der Waals surface area contributed by atoms with Crippen LogP contribution >= 0.6 is 0 Å². The molecule has 0 saturated carbocycles. The summed E-state index contributed by atoms with van der Waals surface area (Å²) < 4.78 is 0.